The van der Waals surface area contributed by atoms with Gasteiger partial charge in [-0.25, -0.2) is 0 Å². The summed E-state index contributed by atoms with van der Waals surface area (Å²) in [6, 6.07) is 7.53. The van der Waals surface area contributed by atoms with Gasteiger partial charge in [-0.15, -0.1) is 0 Å². The Hall–Kier alpha value is -0.910. The number of hydrogen-bond acceptors (Lipinski definition) is 3. The summed E-state index contributed by atoms with van der Waals surface area (Å²) in [5.41, 5.74) is 1.00. The minimum Gasteiger partial charge on any atom is -0.380 e. The topological polar surface area (TPSA) is 50.4 Å². The Morgan fingerprint density at radius 1 is 1.39 bits per heavy atom. The van der Waals surface area contributed by atoms with Gasteiger partial charge in [0.05, 0.1) is 19.8 Å². The third-order valence-electron chi connectivity index (χ3n) is 2.87. The molecule has 1 saturated heterocycles. The van der Waals surface area contributed by atoms with E-state index >= 15 is 0 Å². The van der Waals surface area contributed by atoms with E-state index in [2.05, 4.69) is 33.5 Å². The zero-order valence-corrected chi connectivity index (χ0v) is 11.9. The molecule has 1 heterocycles. The van der Waals surface area contributed by atoms with E-state index in [1.165, 1.54) is 0 Å². The molecule has 1 aliphatic heterocycles. The number of ether oxygens (including phenoxy) is 1. The van der Waals surface area contributed by atoms with Gasteiger partial charge in [0.25, 0.3) is 0 Å². The first-order valence-corrected chi connectivity index (χ1v) is 6.71. The van der Waals surface area contributed by atoms with Gasteiger partial charge in [-0.05, 0) is 24.3 Å². The van der Waals surface area contributed by atoms with Gasteiger partial charge in [0.15, 0.2) is 0 Å². The number of anilines is 1. The fourth-order valence-electron chi connectivity index (χ4n) is 1.77. The van der Waals surface area contributed by atoms with Crippen LogP contribution in [0.5, 0.6) is 0 Å². The number of rotatable bonds is 5. The molecule has 98 valence electrons. The van der Waals surface area contributed by atoms with Gasteiger partial charge >= 0.3 is 0 Å². The van der Waals surface area contributed by atoms with Crippen LogP contribution in [0.1, 0.15) is 6.92 Å². The van der Waals surface area contributed by atoms with Crippen molar-refractivity contribution in [3.05, 3.63) is 28.7 Å². The highest BCUT2D eigenvalue weighted by atomic mass is 79.9. The Morgan fingerprint density at radius 2 is 2.06 bits per heavy atom. The number of carbonyl (C=O) groups excluding carboxylic acids is 1. The van der Waals surface area contributed by atoms with E-state index < -0.39 is 0 Å². The number of hydrogen-bond donors (Lipinski definition) is 2. The van der Waals surface area contributed by atoms with Crippen LogP contribution in [0.2, 0.25) is 0 Å². The zero-order chi connectivity index (χ0) is 13.0. The van der Waals surface area contributed by atoms with Crippen molar-refractivity contribution in [3.8, 4) is 0 Å². The number of amides is 1. The highest BCUT2D eigenvalue weighted by Crippen LogP contribution is 2.24. The Labute approximate surface area is 115 Å². The van der Waals surface area contributed by atoms with E-state index in [0.29, 0.717) is 6.54 Å². The molecule has 2 rings (SSSR count). The van der Waals surface area contributed by atoms with Gasteiger partial charge in [0.1, 0.15) is 0 Å². The highest BCUT2D eigenvalue weighted by molar-refractivity contribution is 9.10. The molecule has 0 aliphatic carbocycles. The van der Waals surface area contributed by atoms with Gasteiger partial charge in [-0.1, -0.05) is 22.9 Å². The largest absolute Gasteiger partial charge is 0.380 e. The van der Waals surface area contributed by atoms with Gasteiger partial charge in [-0.3, -0.25) is 4.79 Å². The van der Waals surface area contributed by atoms with Crippen molar-refractivity contribution in [2.75, 3.05) is 31.6 Å². The maximum absolute atomic E-state index is 11.7. The number of nitrogens with one attached hydrogen (secondary N) is 2. The number of carbonyl (C=O) groups is 1. The highest BCUT2D eigenvalue weighted by Gasteiger charge is 2.32. The molecule has 0 atom stereocenters. The van der Waals surface area contributed by atoms with E-state index in [0.717, 1.165) is 29.9 Å². The maximum atomic E-state index is 11.7. The van der Waals surface area contributed by atoms with Crippen LogP contribution < -0.4 is 10.6 Å². The third kappa shape index (κ3) is 3.80. The lowest BCUT2D eigenvalue weighted by atomic mass is 9.89. The van der Waals surface area contributed by atoms with Crippen molar-refractivity contribution in [1.82, 2.24) is 5.32 Å². The van der Waals surface area contributed by atoms with E-state index in [1.54, 1.807) is 0 Å². The second-order valence-corrected chi connectivity index (χ2v) is 5.88. The van der Waals surface area contributed by atoms with Crippen molar-refractivity contribution in [1.29, 1.82) is 0 Å². The summed E-state index contributed by atoms with van der Waals surface area (Å²) in [6.07, 6.45) is 0. The fraction of sp³-hybridized carbons (Fsp3) is 0.462. The standard InChI is InChI=1S/C13H17BrN2O2/c1-13(8-18-9-13)7-15-6-12(17)16-11-4-2-10(14)3-5-11/h2-5,15H,6-9H2,1H3,(H,16,17). The molecule has 18 heavy (non-hydrogen) atoms. The third-order valence-corrected chi connectivity index (χ3v) is 3.40. The van der Waals surface area contributed by atoms with Crippen LogP contribution in [0.15, 0.2) is 28.7 Å². The van der Waals surface area contributed by atoms with Crippen LogP contribution in [-0.4, -0.2) is 32.2 Å². The van der Waals surface area contributed by atoms with Crippen LogP contribution >= 0.6 is 15.9 Å². The first-order chi connectivity index (χ1) is 8.57. The Balaban J connectivity index is 1.70. The molecule has 1 aliphatic rings. The van der Waals surface area contributed by atoms with Crippen molar-refractivity contribution in [2.24, 2.45) is 5.41 Å². The minimum atomic E-state index is -0.0267. The molecule has 0 spiro atoms. The molecular weight excluding hydrogens is 296 g/mol. The van der Waals surface area contributed by atoms with Crippen molar-refractivity contribution >= 4 is 27.5 Å². The van der Waals surface area contributed by atoms with E-state index in [4.69, 9.17) is 4.74 Å². The van der Waals surface area contributed by atoms with Crippen LogP contribution in [0.25, 0.3) is 0 Å². The Morgan fingerprint density at radius 3 is 2.61 bits per heavy atom. The molecule has 2 N–H and O–H groups in total. The summed E-state index contributed by atoms with van der Waals surface area (Å²) in [6.45, 7) is 4.82. The lowest BCUT2D eigenvalue weighted by Gasteiger charge is -2.38. The quantitative estimate of drug-likeness (QED) is 0.874. The summed E-state index contributed by atoms with van der Waals surface area (Å²) in [4.78, 5) is 11.7. The van der Waals surface area contributed by atoms with Crippen molar-refractivity contribution < 1.29 is 9.53 Å². The summed E-state index contributed by atoms with van der Waals surface area (Å²) in [5.74, 6) is -0.0267. The molecule has 0 bridgehead atoms. The molecule has 0 unspecified atom stereocenters. The first kappa shape index (κ1) is 13.5. The molecule has 1 amide bonds. The number of benzene rings is 1. The fourth-order valence-corrected chi connectivity index (χ4v) is 2.03. The van der Waals surface area contributed by atoms with Gasteiger partial charge < -0.3 is 15.4 Å². The predicted molar refractivity (Wildman–Crippen MR) is 74.6 cm³/mol. The molecule has 1 fully saturated rings. The van der Waals surface area contributed by atoms with Crippen LogP contribution in [0.4, 0.5) is 5.69 Å². The summed E-state index contributed by atoms with van der Waals surface area (Å²) < 4.78 is 6.15. The molecule has 0 radical (unpaired) electrons. The normalized spacial score (nSPS) is 17.0. The van der Waals surface area contributed by atoms with Crippen LogP contribution in [0.3, 0.4) is 0 Å². The second-order valence-electron chi connectivity index (χ2n) is 4.96. The van der Waals surface area contributed by atoms with E-state index in [9.17, 15) is 4.79 Å². The molecule has 1 aromatic rings. The van der Waals surface area contributed by atoms with E-state index in [-0.39, 0.29) is 11.3 Å². The molecule has 0 saturated carbocycles. The predicted octanol–water partition coefficient (Wildman–Crippen LogP) is 2.01. The lowest BCUT2D eigenvalue weighted by molar-refractivity contribution is -0.117. The van der Waals surface area contributed by atoms with E-state index in [1.807, 2.05) is 24.3 Å². The summed E-state index contributed by atoms with van der Waals surface area (Å²) >= 11 is 3.35. The van der Waals surface area contributed by atoms with Gasteiger partial charge in [0.2, 0.25) is 5.91 Å². The van der Waals surface area contributed by atoms with Crippen LogP contribution in [-0.2, 0) is 9.53 Å². The smallest absolute Gasteiger partial charge is 0.238 e. The maximum Gasteiger partial charge on any atom is 0.238 e. The zero-order valence-electron chi connectivity index (χ0n) is 10.3. The lowest BCUT2D eigenvalue weighted by Crippen LogP contribution is -2.48. The second kappa shape index (κ2) is 5.82. The SMILES string of the molecule is CC1(CNCC(=O)Nc2ccc(Br)cc2)COC1. The van der Waals surface area contributed by atoms with Gasteiger partial charge in [0, 0.05) is 22.1 Å². The molecular formula is C13H17BrN2O2. The summed E-state index contributed by atoms with van der Waals surface area (Å²) in [7, 11) is 0. The average molecular weight is 313 g/mol. The molecule has 4 nitrogen and oxygen atoms in total. The summed E-state index contributed by atoms with van der Waals surface area (Å²) in [5, 5.41) is 6.00. The number of halogens is 1. The molecule has 1 aromatic carbocycles. The Bertz CT molecular complexity index is 416. The minimum absolute atomic E-state index is 0.0267. The molecule has 5 heteroatoms. The van der Waals surface area contributed by atoms with Crippen molar-refractivity contribution in [3.63, 3.8) is 0 Å². The average Bonchev–Trinajstić information content (AvgIpc) is 2.30. The van der Waals surface area contributed by atoms with Crippen LogP contribution in [0, 0.1) is 5.41 Å². The van der Waals surface area contributed by atoms with Crippen molar-refractivity contribution in [2.45, 2.75) is 6.92 Å². The molecule has 0 aromatic heterocycles. The van der Waals surface area contributed by atoms with Gasteiger partial charge in [-0.2, -0.15) is 0 Å². The first-order valence-electron chi connectivity index (χ1n) is 5.91. The monoisotopic (exact) mass is 312 g/mol. The Kier molecular flexibility index (Phi) is 4.37.